The van der Waals surface area contributed by atoms with Crippen molar-refractivity contribution in [1.29, 1.82) is 0 Å². The first-order valence-electron chi connectivity index (χ1n) is 11.3. The quantitative estimate of drug-likeness (QED) is 0.459. The number of nitrogens with one attached hydrogen (secondary N) is 3. The molecule has 32 heavy (non-hydrogen) atoms. The number of benzene rings is 1. The molecule has 2 aliphatic heterocycles. The molecule has 1 aromatic rings. The van der Waals surface area contributed by atoms with Crippen LogP contribution >= 0.6 is 0 Å². The predicted octanol–water partition coefficient (Wildman–Crippen LogP) is 2.48. The SMILES string of the molecule is CCNC(=NCc1cccc(NC(=O)C2CCCO2)c1)NC1CN(C(=O)OC(C)(C)C)C1. The van der Waals surface area contributed by atoms with Crippen LogP contribution in [-0.4, -0.2) is 66.8 Å². The summed E-state index contributed by atoms with van der Waals surface area (Å²) in [6.07, 6.45) is 1.03. The van der Waals surface area contributed by atoms with Crippen molar-refractivity contribution in [3.63, 3.8) is 0 Å². The maximum absolute atomic E-state index is 12.3. The van der Waals surface area contributed by atoms with Crippen molar-refractivity contribution >= 4 is 23.6 Å². The van der Waals surface area contributed by atoms with Crippen LogP contribution in [0.1, 0.15) is 46.1 Å². The minimum absolute atomic E-state index is 0.0994. The van der Waals surface area contributed by atoms with Gasteiger partial charge in [0.2, 0.25) is 0 Å². The van der Waals surface area contributed by atoms with Gasteiger partial charge in [0.1, 0.15) is 11.7 Å². The van der Waals surface area contributed by atoms with Crippen LogP contribution in [-0.2, 0) is 20.8 Å². The first-order valence-corrected chi connectivity index (χ1v) is 11.3. The number of carbonyl (C=O) groups excluding carboxylic acids is 2. The second-order valence-corrected chi connectivity index (χ2v) is 9.11. The van der Waals surface area contributed by atoms with Crippen molar-refractivity contribution < 1.29 is 19.1 Å². The van der Waals surface area contributed by atoms with Gasteiger partial charge in [-0.1, -0.05) is 12.1 Å². The molecule has 9 heteroatoms. The third kappa shape index (κ3) is 7.12. The second kappa shape index (κ2) is 10.7. The van der Waals surface area contributed by atoms with Crippen LogP contribution in [0, 0.1) is 0 Å². The van der Waals surface area contributed by atoms with E-state index in [2.05, 4.69) is 20.9 Å². The summed E-state index contributed by atoms with van der Waals surface area (Å²) >= 11 is 0. The molecule has 2 saturated heterocycles. The maximum atomic E-state index is 12.3. The van der Waals surface area contributed by atoms with Gasteiger partial charge in [0.05, 0.1) is 12.6 Å². The summed E-state index contributed by atoms with van der Waals surface area (Å²) in [6, 6.07) is 7.79. The zero-order valence-electron chi connectivity index (χ0n) is 19.4. The first-order chi connectivity index (χ1) is 15.2. The Morgan fingerprint density at radius 1 is 1.28 bits per heavy atom. The predicted molar refractivity (Wildman–Crippen MR) is 124 cm³/mol. The Morgan fingerprint density at radius 2 is 2.06 bits per heavy atom. The molecule has 3 N–H and O–H groups in total. The van der Waals surface area contributed by atoms with Gasteiger partial charge in [0, 0.05) is 31.9 Å². The number of ether oxygens (including phenoxy) is 2. The number of anilines is 1. The van der Waals surface area contributed by atoms with Gasteiger partial charge in [0.15, 0.2) is 5.96 Å². The van der Waals surface area contributed by atoms with Gasteiger partial charge in [-0.15, -0.1) is 0 Å². The number of rotatable bonds is 6. The van der Waals surface area contributed by atoms with E-state index in [0.29, 0.717) is 32.2 Å². The largest absolute Gasteiger partial charge is 0.444 e. The van der Waals surface area contributed by atoms with E-state index in [1.807, 2.05) is 52.0 Å². The van der Waals surface area contributed by atoms with Crippen molar-refractivity contribution in [3.05, 3.63) is 29.8 Å². The molecule has 0 spiro atoms. The monoisotopic (exact) mass is 445 g/mol. The van der Waals surface area contributed by atoms with Gasteiger partial charge in [-0.3, -0.25) is 4.79 Å². The fourth-order valence-electron chi connectivity index (χ4n) is 3.48. The number of likely N-dealkylation sites (tertiary alicyclic amines) is 1. The van der Waals surface area contributed by atoms with E-state index in [1.165, 1.54) is 0 Å². The fraction of sp³-hybridized carbons (Fsp3) is 0.609. The van der Waals surface area contributed by atoms with Gasteiger partial charge >= 0.3 is 6.09 Å². The summed E-state index contributed by atoms with van der Waals surface area (Å²) in [5, 5.41) is 9.52. The highest BCUT2D eigenvalue weighted by atomic mass is 16.6. The molecule has 1 aromatic carbocycles. The van der Waals surface area contributed by atoms with Crippen LogP contribution in [0.5, 0.6) is 0 Å². The number of nitrogens with zero attached hydrogens (tertiary/aromatic N) is 2. The molecule has 3 rings (SSSR count). The Kier molecular flexibility index (Phi) is 7.95. The molecule has 0 radical (unpaired) electrons. The molecule has 1 unspecified atom stereocenters. The molecule has 0 aromatic heterocycles. The number of hydrogen-bond acceptors (Lipinski definition) is 5. The van der Waals surface area contributed by atoms with Gasteiger partial charge in [-0.25, -0.2) is 9.79 Å². The Labute approximate surface area is 189 Å². The molecule has 2 aliphatic rings. The lowest BCUT2D eigenvalue weighted by atomic mass is 10.1. The Morgan fingerprint density at radius 3 is 2.72 bits per heavy atom. The van der Waals surface area contributed by atoms with Gasteiger partial charge < -0.3 is 30.3 Å². The molecule has 2 heterocycles. The first kappa shape index (κ1) is 23.8. The highest BCUT2D eigenvalue weighted by molar-refractivity contribution is 5.94. The van der Waals surface area contributed by atoms with Gasteiger partial charge in [-0.2, -0.15) is 0 Å². The summed E-state index contributed by atoms with van der Waals surface area (Å²) in [4.78, 5) is 30.7. The number of guanidine groups is 1. The normalized spacial score (nSPS) is 19.3. The Balaban J connectivity index is 1.51. The molecule has 9 nitrogen and oxygen atoms in total. The van der Waals surface area contributed by atoms with E-state index in [1.54, 1.807) is 4.90 Å². The van der Waals surface area contributed by atoms with Crippen molar-refractivity contribution in [2.24, 2.45) is 4.99 Å². The van der Waals surface area contributed by atoms with E-state index < -0.39 is 5.60 Å². The van der Waals surface area contributed by atoms with Gasteiger partial charge in [0.25, 0.3) is 5.91 Å². The standard InChI is InChI=1S/C23H35N5O4/c1-5-24-21(27-18-14-28(15-18)22(30)32-23(2,3)4)25-13-16-8-6-9-17(12-16)26-20(29)19-10-7-11-31-19/h6,8-9,12,18-19H,5,7,10-11,13-15H2,1-4H3,(H,26,29)(H2,24,25,27). The maximum Gasteiger partial charge on any atom is 0.410 e. The lowest BCUT2D eigenvalue weighted by Gasteiger charge is -2.40. The average molecular weight is 446 g/mol. The molecule has 0 bridgehead atoms. The van der Waals surface area contributed by atoms with Crippen LogP contribution < -0.4 is 16.0 Å². The lowest BCUT2D eigenvalue weighted by molar-refractivity contribution is -0.124. The number of amides is 2. The third-order valence-corrected chi connectivity index (χ3v) is 5.05. The zero-order chi connectivity index (χ0) is 23.1. The van der Waals surface area contributed by atoms with Crippen molar-refractivity contribution in [2.45, 2.75) is 64.8 Å². The summed E-state index contributed by atoms with van der Waals surface area (Å²) in [7, 11) is 0. The molecule has 2 amide bonds. The molecule has 1 atom stereocenters. The summed E-state index contributed by atoms with van der Waals surface area (Å²) in [6.45, 7) is 10.6. The van der Waals surface area contributed by atoms with E-state index in [9.17, 15) is 9.59 Å². The van der Waals surface area contributed by atoms with E-state index >= 15 is 0 Å². The van der Waals surface area contributed by atoms with Crippen molar-refractivity contribution in [2.75, 3.05) is 31.6 Å². The molecule has 0 saturated carbocycles. The van der Waals surface area contributed by atoms with Crippen molar-refractivity contribution in [1.82, 2.24) is 15.5 Å². The Hall–Kier alpha value is -2.81. The van der Waals surface area contributed by atoms with E-state index in [4.69, 9.17) is 9.47 Å². The lowest BCUT2D eigenvalue weighted by Crippen LogP contribution is -2.63. The van der Waals surface area contributed by atoms with Crippen LogP contribution in [0.25, 0.3) is 0 Å². The van der Waals surface area contributed by atoms with Crippen LogP contribution in [0.4, 0.5) is 10.5 Å². The molecular weight excluding hydrogens is 410 g/mol. The topological polar surface area (TPSA) is 104 Å². The van der Waals surface area contributed by atoms with Crippen LogP contribution in [0.3, 0.4) is 0 Å². The molecule has 176 valence electrons. The molecular formula is C23H35N5O4. The van der Waals surface area contributed by atoms with E-state index in [-0.39, 0.29) is 24.1 Å². The number of carbonyl (C=O) groups is 2. The number of aliphatic imine (C=N–C) groups is 1. The zero-order valence-corrected chi connectivity index (χ0v) is 19.4. The highest BCUT2D eigenvalue weighted by Crippen LogP contribution is 2.17. The molecule has 0 aliphatic carbocycles. The molecule has 2 fully saturated rings. The average Bonchev–Trinajstić information content (AvgIpc) is 3.22. The smallest absolute Gasteiger partial charge is 0.410 e. The fourth-order valence-corrected chi connectivity index (χ4v) is 3.48. The summed E-state index contributed by atoms with van der Waals surface area (Å²) in [5.41, 5.74) is 1.23. The Bertz CT molecular complexity index is 824. The summed E-state index contributed by atoms with van der Waals surface area (Å²) in [5.74, 6) is 0.591. The van der Waals surface area contributed by atoms with Crippen molar-refractivity contribution in [3.8, 4) is 0 Å². The van der Waals surface area contributed by atoms with Crippen LogP contribution in [0.2, 0.25) is 0 Å². The minimum atomic E-state index is -0.496. The third-order valence-electron chi connectivity index (χ3n) is 5.05. The second-order valence-electron chi connectivity index (χ2n) is 9.11. The van der Waals surface area contributed by atoms with Gasteiger partial charge in [-0.05, 0) is 58.2 Å². The van der Waals surface area contributed by atoms with E-state index in [0.717, 1.165) is 30.6 Å². The summed E-state index contributed by atoms with van der Waals surface area (Å²) < 4.78 is 10.8. The number of hydrogen-bond donors (Lipinski definition) is 3. The minimum Gasteiger partial charge on any atom is -0.444 e. The highest BCUT2D eigenvalue weighted by Gasteiger charge is 2.34. The van der Waals surface area contributed by atoms with Crippen LogP contribution in [0.15, 0.2) is 29.3 Å².